The number of Topliss-reactive ketones (excluding diaryl/α,β-unsaturated/α-hetero) is 1. The molecule has 0 amide bonds. The van der Waals surface area contributed by atoms with E-state index in [1.807, 2.05) is 0 Å². The molecular weight excluding hydrogens is 276 g/mol. The number of hydrogen-bond acceptors (Lipinski definition) is 3. The van der Waals surface area contributed by atoms with Gasteiger partial charge in [0, 0.05) is 6.42 Å². The van der Waals surface area contributed by atoms with Gasteiger partial charge in [0.15, 0.2) is 0 Å². The van der Waals surface area contributed by atoms with Crippen LogP contribution in [0, 0.1) is 23.7 Å². The van der Waals surface area contributed by atoms with Gasteiger partial charge in [0.2, 0.25) is 0 Å². The third kappa shape index (κ3) is 4.57. The Hall–Kier alpha value is -0.860. The van der Waals surface area contributed by atoms with Crippen molar-refractivity contribution in [3.63, 3.8) is 0 Å². The van der Waals surface area contributed by atoms with Gasteiger partial charge in [-0.25, -0.2) is 0 Å². The van der Waals surface area contributed by atoms with Crippen molar-refractivity contribution < 1.29 is 14.3 Å². The first-order valence-electron chi connectivity index (χ1n) is 9.26. The second-order valence-electron chi connectivity index (χ2n) is 7.36. The van der Waals surface area contributed by atoms with Crippen molar-refractivity contribution in [2.24, 2.45) is 23.7 Å². The first-order chi connectivity index (χ1) is 10.7. The molecule has 0 heterocycles. The molecule has 3 heteroatoms. The Bertz CT molecular complexity index is 369. The van der Waals surface area contributed by atoms with E-state index in [4.69, 9.17) is 4.74 Å². The maximum atomic E-state index is 12.2. The van der Waals surface area contributed by atoms with E-state index >= 15 is 0 Å². The van der Waals surface area contributed by atoms with Crippen LogP contribution in [0.2, 0.25) is 0 Å². The Morgan fingerprint density at radius 3 is 2.32 bits per heavy atom. The van der Waals surface area contributed by atoms with Crippen LogP contribution in [0.1, 0.15) is 77.6 Å². The maximum absolute atomic E-state index is 12.2. The largest absolute Gasteiger partial charge is 0.468 e. The summed E-state index contributed by atoms with van der Waals surface area (Å²) in [6.45, 7) is 2.26. The Labute approximate surface area is 135 Å². The smallest absolute Gasteiger partial charge is 0.316 e. The van der Waals surface area contributed by atoms with E-state index < -0.39 is 5.92 Å². The SMILES string of the molecule is CCCCCC1CCC([C@@H]2CC[C@@H](C(=O)OC)C(=O)C2)CC1. The summed E-state index contributed by atoms with van der Waals surface area (Å²) in [4.78, 5) is 23.8. The van der Waals surface area contributed by atoms with E-state index in [1.165, 1.54) is 58.5 Å². The number of methoxy groups -OCH3 is 1. The van der Waals surface area contributed by atoms with E-state index in [0.29, 0.717) is 24.7 Å². The summed E-state index contributed by atoms with van der Waals surface area (Å²) in [5.41, 5.74) is 0. The van der Waals surface area contributed by atoms with Crippen molar-refractivity contribution in [1.29, 1.82) is 0 Å². The monoisotopic (exact) mass is 308 g/mol. The third-order valence-corrected chi connectivity index (χ3v) is 5.94. The van der Waals surface area contributed by atoms with E-state index in [0.717, 1.165) is 12.3 Å². The number of ketones is 1. The van der Waals surface area contributed by atoms with Crippen LogP contribution in [0.15, 0.2) is 0 Å². The Morgan fingerprint density at radius 1 is 1.05 bits per heavy atom. The van der Waals surface area contributed by atoms with Gasteiger partial charge in [-0.3, -0.25) is 9.59 Å². The topological polar surface area (TPSA) is 43.4 Å². The standard InChI is InChI=1S/C19H32O3/c1-3-4-5-6-14-7-9-15(10-8-14)16-11-12-17(18(20)13-16)19(21)22-2/h14-17H,3-13H2,1-2H3/t14?,15?,16-,17-/m1/s1. The highest BCUT2D eigenvalue weighted by Crippen LogP contribution is 2.41. The first kappa shape index (κ1) is 17.5. The van der Waals surface area contributed by atoms with Crippen LogP contribution >= 0.6 is 0 Å². The lowest BCUT2D eigenvalue weighted by Gasteiger charge is -2.36. The van der Waals surface area contributed by atoms with Gasteiger partial charge in [-0.1, -0.05) is 45.4 Å². The molecule has 0 aromatic rings. The fourth-order valence-electron chi connectivity index (χ4n) is 4.47. The van der Waals surface area contributed by atoms with E-state index in [1.54, 1.807) is 0 Å². The van der Waals surface area contributed by atoms with Crippen molar-refractivity contribution in [2.45, 2.75) is 77.6 Å². The highest BCUT2D eigenvalue weighted by Gasteiger charge is 2.38. The maximum Gasteiger partial charge on any atom is 0.316 e. The van der Waals surface area contributed by atoms with Crippen molar-refractivity contribution >= 4 is 11.8 Å². The molecule has 2 saturated carbocycles. The highest BCUT2D eigenvalue weighted by atomic mass is 16.5. The lowest BCUT2D eigenvalue weighted by atomic mass is 9.68. The number of hydrogen-bond donors (Lipinski definition) is 0. The molecule has 0 bridgehead atoms. The zero-order valence-corrected chi connectivity index (χ0v) is 14.3. The second-order valence-corrected chi connectivity index (χ2v) is 7.36. The van der Waals surface area contributed by atoms with Crippen LogP contribution in [0.4, 0.5) is 0 Å². The first-order valence-corrected chi connectivity index (χ1v) is 9.26. The average Bonchev–Trinajstić information content (AvgIpc) is 2.55. The van der Waals surface area contributed by atoms with Gasteiger partial charge in [0.1, 0.15) is 11.7 Å². The zero-order valence-electron chi connectivity index (χ0n) is 14.3. The van der Waals surface area contributed by atoms with Gasteiger partial charge < -0.3 is 4.74 Å². The number of carbonyl (C=O) groups is 2. The van der Waals surface area contributed by atoms with E-state index in [-0.39, 0.29) is 11.8 Å². The van der Waals surface area contributed by atoms with Crippen molar-refractivity contribution in [3.05, 3.63) is 0 Å². The molecule has 22 heavy (non-hydrogen) atoms. The number of ether oxygens (including phenoxy) is 1. The molecule has 0 unspecified atom stereocenters. The lowest BCUT2D eigenvalue weighted by molar-refractivity contribution is -0.151. The fourth-order valence-corrected chi connectivity index (χ4v) is 4.47. The van der Waals surface area contributed by atoms with Crippen LogP contribution in [0.5, 0.6) is 0 Å². The van der Waals surface area contributed by atoms with Crippen LogP contribution in [0.25, 0.3) is 0 Å². The molecule has 0 saturated heterocycles. The van der Waals surface area contributed by atoms with Crippen molar-refractivity contribution in [1.82, 2.24) is 0 Å². The summed E-state index contributed by atoms with van der Waals surface area (Å²) >= 11 is 0. The number of esters is 1. The summed E-state index contributed by atoms with van der Waals surface area (Å²) in [7, 11) is 1.38. The zero-order chi connectivity index (χ0) is 15.9. The van der Waals surface area contributed by atoms with Gasteiger partial charge >= 0.3 is 5.97 Å². The Morgan fingerprint density at radius 2 is 1.73 bits per heavy atom. The third-order valence-electron chi connectivity index (χ3n) is 5.94. The molecular formula is C19H32O3. The van der Waals surface area contributed by atoms with E-state index in [2.05, 4.69) is 6.92 Å². The fraction of sp³-hybridized carbons (Fsp3) is 0.895. The van der Waals surface area contributed by atoms with Gasteiger partial charge in [-0.15, -0.1) is 0 Å². The molecule has 2 atom stereocenters. The summed E-state index contributed by atoms with van der Waals surface area (Å²) in [6.07, 6.45) is 13.1. The van der Waals surface area contributed by atoms with Gasteiger partial charge in [-0.05, 0) is 43.4 Å². The minimum Gasteiger partial charge on any atom is -0.468 e. The lowest BCUT2D eigenvalue weighted by Crippen LogP contribution is -2.35. The van der Waals surface area contributed by atoms with Gasteiger partial charge in [0.25, 0.3) is 0 Å². The number of rotatable bonds is 6. The summed E-state index contributed by atoms with van der Waals surface area (Å²) in [5.74, 6) is 1.46. The average molecular weight is 308 g/mol. The molecule has 2 fully saturated rings. The van der Waals surface area contributed by atoms with Crippen LogP contribution in [-0.2, 0) is 14.3 Å². The quantitative estimate of drug-likeness (QED) is 0.411. The minimum absolute atomic E-state index is 0.119. The molecule has 0 aromatic carbocycles. The summed E-state index contributed by atoms with van der Waals surface area (Å²) < 4.78 is 4.74. The van der Waals surface area contributed by atoms with E-state index in [9.17, 15) is 9.59 Å². The predicted octanol–water partition coefficient (Wildman–Crippen LogP) is 4.53. The molecule has 2 aliphatic rings. The van der Waals surface area contributed by atoms with Gasteiger partial charge in [-0.2, -0.15) is 0 Å². The Kier molecular flexibility index (Phi) is 6.91. The molecule has 2 aliphatic carbocycles. The van der Waals surface area contributed by atoms with Crippen LogP contribution in [0.3, 0.4) is 0 Å². The Balaban J connectivity index is 1.74. The molecule has 2 rings (SSSR count). The van der Waals surface area contributed by atoms with Crippen molar-refractivity contribution in [3.8, 4) is 0 Å². The summed E-state index contributed by atoms with van der Waals surface area (Å²) in [6, 6.07) is 0. The molecule has 0 spiro atoms. The molecule has 0 N–H and O–H groups in total. The number of unbranched alkanes of at least 4 members (excludes halogenated alkanes) is 2. The van der Waals surface area contributed by atoms with Crippen LogP contribution in [-0.4, -0.2) is 18.9 Å². The highest BCUT2D eigenvalue weighted by molar-refractivity contribution is 5.99. The second kappa shape index (κ2) is 8.69. The van der Waals surface area contributed by atoms with Crippen molar-refractivity contribution in [2.75, 3.05) is 7.11 Å². The normalized spacial score (nSPS) is 32.7. The van der Waals surface area contributed by atoms with Gasteiger partial charge in [0.05, 0.1) is 7.11 Å². The minimum atomic E-state index is -0.480. The summed E-state index contributed by atoms with van der Waals surface area (Å²) in [5, 5.41) is 0. The molecule has 0 aromatic heterocycles. The number of carbonyl (C=O) groups excluding carboxylic acids is 2. The molecule has 0 radical (unpaired) electrons. The molecule has 126 valence electrons. The molecule has 3 nitrogen and oxygen atoms in total. The molecule has 0 aliphatic heterocycles. The van der Waals surface area contributed by atoms with Crippen LogP contribution < -0.4 is 0 Å². The predicted molar refractivity (Wildman–Crippen MR) is 87.4 cm³/mol.